The molecule has 9 rings (SSSR count). The summed E-state index contributed by atoms with van der Waals surface area (Å²) in [7, 11) is 0. The SMILES string of the molecule is C1=CC(c2ccccn2)(n2c3ccccc3c3ccccc32)Cc2c1c1ccccc1n2-c1cc(-c2ccccc2)ccn1. The summed E-state index contributed by atoms with van der Waals surface area (Å²) >= 11 is 0. The first-order valence-corrected chi connectivity index (χ1v) is 15.1. The lowest BCUT2D eigenvalue weighted by Crippen LogP contribution is -2.38. The van der Waals surface area contributed by atoms with Crippen LogP contribution in [0.1, 0.15) is 17.0 Å². The van der Waals surface area contributed by atoms with E-state index in [9.17, 15) is 0 Å². The van der Waals surface area contributed by atoms with Gasteiger partial charge in [0.05, 0.1) is 22.2 Å². The Labute approximate surface area is 255 Å². The van der Waals surface area contributed by atoms with Crippen LogP contribution in [-0.4, -0.2) is 19.1 Å². The molecule has 0 aliphatic heterocycles. The number of benzene rings is 4. The Bertz CT molecular complexity index is 2310. The summed E-state index contributed by atoms with van der Waals surface area (Å²) in [6.07, 6.45) is 9.24. The van der Waals surface area contributed by atoms with Gasteiger partial charge < -0.3 is 4.57 Å². The quantitative estimate of drug-likeness (QED) is 0.214. The highest BCUT2D eigenvalue weighted by molar-refractivity contribution is 6.08. The molecule has 0 N–H and O–H groups in total. The van der Waals surface area contributed by atoms with Crippen LogP contribution in [0.25, 0.3) is 55.7 Å². The van der Waals surface area contributed by atoms with Crippen molar-refractivity contribution in [3.8, 4) is 16.9 Å². The highest BCUT2D eigenvalue weighted by Gasteiger charge is 2.40. The molecular weight excluding hydrogens is 536 g/mol. The minimum absolute atomic E-state index is 0.569. The first-order chi connectivity index (χ1) is 21.8. The number of fused-ring (bicyclic) bond motifs is 6. The first-order valence-electron chi connectivity index (χ1n) is 15.1. The molecule has 1 aliphatic carbocycles. The molecule has 1 unspecified atom stereocenters. The minimum Gasteiger partial charge on any atom is -0.325 e. The zero-order chi connectivity index (χ0) is 29.1. The van der Waals surface area contributed by atoms with E-state index in [2.05, 4.69) is 149 Å². The molecule has 0 radical (unpaired) electrons. The third kappa shape index (κ3) is 3.58. The topological polar surface area (TPSA) is 35.6 Å². The zero-order valence-electron chi connectivity index (χ0n) is 24.0. The van der Waals surface area contributed by atoms with Crippen molar-refractivity contribution in [3.05, 3.63) is 169 Å². The summed E-state index contributed by atoms with van der Waals surface area (Å²) in [5, 5.41) is 3.72. The predicted molar refractivity (Wildman–Crippen MR) is 180 cm³/mol. The van der Waals surface area contributed by atoms with Gasteiger partial charge in [-0.2, -0.15) is 0 Å². The van der Waals surface area contributed by atoms with Crippen molar-refractivity contribution in [1.29, 1.82) is 0 Å². The molecule has 0 saturated carbocycles. The Morgan fingerprint density at radius 2 is 1.20 bits per heavy atom. The predicted octanol–water partition coefficient (Wildman–Crippen LogP) is 9.21. The van der Waals surface area contributed by atoms with Gasteiger partial charge in [0.15, 0.2) is 0 Å². The summed E-state index contributed by atoms with van der Waals surface area (Å²) in [6.45, 7) is 0. The van der Waals surface area contributed by atoms with Crippen LogP contribution in [0.5, 0.6) is 0 Å². The molecule has 1 aliphatic rings. The Balaban J connectivity index is 1.35. The van der Waals surface area contributed by atoms with Crippen LogP contribution in [0.15, 0.2) is 152 Å². The molecule has 4 aromatic heterocycles. The van der Waals surface area contributed by atoms with E-state index < -0.39 is 5.54 Å². The van der Waals surface area contributed by atoms with Crippen LogP contribution >= 0.6 is 0 Å². The van der Waals surface area contributed by atoms with E-state index in [1.165, 1.54) is 44.0 Å². The largest absolute Gasteiger partial charge is 0.325 e. The van der Waals surface area contributed by atoms with Gasteiger partial charge in [-0.3, -0.25) is 9.55 Å². The van der Waals surface area contributed by atoms with E-state index in [1.807, 2.05) is 18.5 Å². The molecule has 208 valence electrons. The minimum atomic E-state index is -0.569. The highest BCUT2D eigenvalue weighted by Crippen LogP contribution is 2.45. The van der Waals surface area contributed by atoms with Crippen LogP contribution in [0.3, 0.4) is 0 Å². The Kier molecular flexibility index (Phi) is 5.44. The number of rotatable bonds is 4. The van der Waals surface area contributed by atoms with Crippen molar-refractivity contribution in [1.82, 2.24) is 19.1 Å². The number of para-hydroxylation sites is 3. The number of hydrogen-bond donors (Lipinski definition) is 0. The van der Waals surface area contributed by atoms with Gasteiger partial charge in [0.25, 0.3) is 0 Å². The van der Waals surface area contributed by atoms with Gasteiger partial charge in [-0.1, -0.05) is 103 Å². The van der Waals surface area contributed by atoms with Crippen molar-refractivity contribution in [2.45, 2.75) is 12.0 Å². The summed E-state index contributed by atoms with van der Waals surface area (Å²) in [5.74, 6) is 0.913. The Morgan fingerprint density at radius 1 is 0.545 bits per heavy atom. The number of allylic oxidation sites excluding steroid dienone is 1. The van der Waals surface area contributed by atoms with Crippen LogP contribution in [0.2, 0.25) is 0 Å². The summed E-state index contributed by atoms with van der Waals surface area (Å²) < 4.78 is 4.88. The van der Waals surface area contributed by atoms with Gasteiger partial charge in [0, 0.05) is 46.2 Å². The van der Waals surface area contributed by atoms with E-state index in [0.717, 1.165) is 22.6 Å². The molecule has 4 nitrogen and oxygen atoms in total. The van der Waals surface area contributed by atoms with Crippen molar-refractivity contribution in [2.24, 2.45) is 0 Å². The molecule has 0 amide bonds. The van der Waals surface area contributed by atoms with Crippen molar-refractivity contribution < 1.29 is 0 Å². The van der Waals surface area contributed by atoms with E-state index in [-0.39, 0.29) is 0 Å². The maximum Gasteiger partial charge on any atom is 0.137 e. The van der Waals surface area contributed by atoms with Crippen LogP contribution < -0.4 is 0 Å². The molecule has 4 aromatic carbocycles. The van der Waals surface area contributed by atoms with Crippen molar-refractivity contribution >= 4 is 38.8 Å². The molecular formula is C40H28N4. The molecule has 4 heterocycles. The van der Waals surface area contributed by atoms with Gasteiger partial charge in [-0.05, 0) is 53.6 Å². The van der Waals surface area contributed by atoms with Crippen molar-refractivity contribution in [2.75, 3.05) is 0 Å². The third-order valence-corrected chi connectivity index (χ3v) is 9.15. The first kappa shape index (κ1) is 24.8. The number of hydrogen-bond acceptors (Lipinski definition) is 2. The number of nitrogens with zero attached hydrogens (tertiary/aromatic N) is 4. The van der Waals surface area contributed by atoms with E-state index in [0.29, 0.717) is 6.42 Å². The molecule has 1 atom stereocenters. The van der Waals surface area contributed by atoms with Crippen LogP contribution in [-0.2, 0) is 12.0 Å². The lowest BCUT2D eigenvalue weighted by molar-refractivity contribution is 0.448. The zero-order valence-corrected chi connectivity index (χ0v) is 24.0. The standard InChI is InChI=1S/C40H28N4/c1-2-12-28(13-3-1)29-22-25-42-39(26-29)43-34-17-7-4-14-30(34)33-21-23-40(27-37(33)43,38-20-10-11-24-41-38)44-35-18-8-5-15-31(35)32-16-6-9-19-36(32)44/h1-26H,27H2. The second kappa shape index (κ2) is 9.65. The lowest BCUT2D eigenvalue weighted by Gasteiger charge is -2.37. The lowest BCUT2D eigenvalue weighted by atomic mass is 9.82. The fraction of sp³-hybridized carbons (Fsp3) is 0.0500. The summed E-state index contributed by atoms with van der Waals surface area (Å²) in [6, 6.07) is 47.2. The molecule has 0 bridgehead atoms. The van der Waals surface area contributed by atoms with Crippen molar-refractivity contribution in [3.63, 3.8) is 0 Å². The Morgan fingerprint density at radius 3 is 1.93 bits per heavy atom. The normalized spacial score (nSPS) is 16.1. The summed E-state index contributed by atoms with van der Waals surface area (Å²) in [4.78, 5) is 10.00. The average Bonchev–Trinajstić information content (AvgIpc) is 3.62. The smallest absolute Gasteiger partial charge is 0.137 e. The van der Waals surface area contributed by atoms with E-state index in [4.69, 9.17) is 9.97 Å². The third-order valence-electron chi connectivity index (χ3n) is 9.15. The molecule has 0 spiro atoms. The van der Waals surface area contributed by atoms with Gasteiger partial charge in [-0.15, -0.1) is 0 Å². The molecule has 4 heteroatoms. The molecule has 44 heavy (non-hydrogen) atoms. The molecule has 8 aromatic rings. The number of aromatic nitrogens is 4. The van der Waals surface area contributed by atoms with Crippen LogP contribution in [0, 0.1) is 0 Å². The monoisotopic (exact) mass is 564 g/mol. The number of pyridine rings is 2. The van der Waals surface area contributed by atoms with Gasteiger partial charge in [-0.25, -0.2) is 4.98 Å². The van der Waals surface area contributed by atoms with Gasteiger partial charge in [0.2, 0.25) is 0 Å². The van der Waals surface area contributed by atoms with Crippen LogP contribution in [0.4, 0.5) is 0 Å². The maximum atomic E-state index is 5.03. The van der Waals surface area contributed by atoms with Gasteiger partial charge in [0.1, 0.15) is 11.4 Å². The molecule has 0 saturated heterocycles. The van der Waals surface area contributed by atoms with E-state index in [1.54, 1.807) is 0 Å². The Hall–Kier alpha value is -5.74. The fourth-order valence-corrected chi connectivity index (χ4v) is 7.24. The summed E-state index contributed by atoms with van der Waals surface area (Å²) in [5.41, 5.74) is 8.76. The second-order valence-electron chi connectivity index (χ2n) is 11.5. The van der Waals surface area contributed by atoms with E-state index >= 15 is 0 Å². The van der Waals surface area contributed by atoms with Gasteiger partial charge >= 0.3 is 0 Å². The maximum absolute atomic E-state index is 5.03. The second-order valence-corrected chi connectivity index (χ2v) is 11.5. The average molecular weight is 565 g/mol. The highest BCUT2D eigenvalue weighted by atomic mass is 15.1. The molecule has 0 fully saturated rings. The fourth-order valence-electron chi connectivity index (χ4n) is 7.24.